The zero-order chi connectivity index (χ0) is 12.7. The maximum atomic E-state index is 11.0. The van der Waals surface area contributed by atoms with Gasteiger partial charge in [0.25, 0.3) is 5.69 Å². The molecule has 16 heavy (non-hydrogen) atoms. The fourth-order valence-electron chi connectivity index (χ4n) is 1.42. The maximum absolute atomic E-state index is 11.0. The van der Waals surface area contributed by atoms with Crippen molar-refractivity contribution in [1.29, 1.82) is 0 Å². The van der Waals surface area contributed by atoms with Gasteiger partial charge in [0.15, 0.2) is 0 Å². The summed E-state index contributed by atoms with van der Waals surface area (Å²) in [6.07, 6.45) is 0. The smallest absolute Gasteiger partial charge is 0.258 e. The summed E-state index contributed by atoms with van der Waals surface area (Å²) >= 11 is 1.56. The van der Waals surface area contributed by atoms with Gasteiger partial charge < -0.3 is 0 Å². The minimum Gasteiger partial charge on any atom is -0.258 e. The summed E-state index contributed by atoms with van der Waals surface area (Å²) in [4.78, 5) is 12.7. The molecule has 90 valence electrons. The summed E-state index contributed by atoms with van der Waals surface area (Å²) in [6.45, 7) is 12.3. The van der Waals surface area contributed by atoms with Gasteiger partial charge in [0.05, 0.1) is 9.80 Å². The van der Waals surface area contributed by atoms with Crippen molar-refractivity contribution in [1.82, 2.24) is 0 Å². The van der Waals surface area contributed by atoms with Gasteiger partial charge in [-0.3, -0.25) is 10.1 Å². The van der Waals surface area contributed by atoms with Crippen molar-refractivity contribution in [3.8, 4) is 0 Å². The van der Waals surface area contributed by atoms with Gasteiger partial charge in [-0.15, -0.1) is 11.3 Å². The normalized spacial score (nSPS) is 12.9. The molecule has 0 aliphatic carbocycles. The Kier molecular flexibility index (Phi) is 3.16. The minimum absolute atomic E-state index is 0.0288. The summed E-state index contributed by atoms with van der Waals surface area (Å²) in [6, 6.07) is 1.73. The molecular weight excluding hydrogens is 222 g/mol. The van der Waals surface area contributed by atoms with Crippen molar-refractivity contribution >= 4 is 17.0 Å². The number of hydrogen-bond acceptors (Lipinski definition) is 3. The van der Waals surface area contributed by atoms with E-state index in [1.807, 2.05) is 20.8 Å². The van der Waals surface area contributed by atoms with Crippen LogP contribution in [0.15, 0.2) is 6.07 Å². The van der Waals surface area contributed by atoms with Crippen LogP contribution in [0, 0.1) is 10.1 Å². The van der Waals surface area contributed by atoms with Crippen molar-refractivity contribution in [3.05, 3.63) is 25.9 Å². The predicted molar refractivity (Wildman–Crippen MR) is 68.4 cm³/mol. The molecule has 1 rings (SSSR count). The first-order valence-corrected chi connectivity index (χ1v) is 6.14. The second-order valence-corrected chi connectivity index (χ2v) is 7.13. The van der Waals surface area contributed by atoms with E-state index in [1.54, 1.807) is 17.4 Å². The Balaban J connectivity index is 3.38. The number of rotatable bonds is 1. The molecule has 0 atom stereocenters. The average molecular weight is 241 g/mol. The number of hydrogen-bond donors (Lipinski definition) is 0. The van der Waals surface area contributed by atoms with Crippen LogP contribution in [0.25, 0.3) is 0 Å². The van der Waals surface area contributed by atoms with E-state index in [0.29, 0.717) is 0 Å². The van der Waals surface area contributed by atoms with E-state index in [0.717, 1.165) is 9.75 Å². The first kappa shape index (κ1) is 13.2. The van der Waals surface area contributed by atoms with E-state index in [9.17, 15) is 10.1 Å². The zero-order valence-corrected chi connectivity index (χ0v) is 11.6. The van der Waals surface area contributed by atoms with E-state index in [4.69, 9.17) is 0 Å². The van der Waals surface area contributed by atoms with E-state index in [2.05, 4.69) is 20.8 Å². The van der Waals surface area contributed by atoms with Crippen molar-refractivity contribution in [3.63, 3.8) is 0 Å². The number of nitrogens with zero attached hydrogens (tertiary/aromatic N) is 1. The van der Waals surface area contributed by atoms with Crippen LogP contribution in [-0.2, 0) is 10.8 Å². The summed E-state index contributed by atoms with van der Waals surface area (Å²) in [7, 11) is 0. The molecule has 1 aromatic heterocycles. The van der Waals surface area contributed by atoms with Crippen LogP contribution in [0.2, 0.25) is 0 Å². The highest BCUT2D eigenvalue weighted by Gasteiger charge is 2.31. The highest BCUT2D eigenvalue weighted by molar-refractivity contribution is 7.12. The molecule has 0 amide bonds. The fraction of sp³-hybridized carbons (Fsp3) is 0.667. The van der Waals surface area contributed by atoms with Crippen molar-refractivity contribution in [2.45, 2.75) is 52.4 Å². The monoisotopic (exact) mass is 241 g/mol. The third-order valence-electron chi connectivity index (χ3n) is 2.33. The molecule has 0 aliphatic heterocycles. The van der Waals surface area contributed by atoms with Gasteiger partial charge >= 0.3 is 0 Å². The van der Waals surface area contributed by atoms with Gasteiger partial charge in [0, 0.05) is 16.4 Å². The molecule has 0 saturated heterocycles. The Morgan fingerprint density at radius 3 is 1.88 bits per heavy atom. The first-order chi connectivity index (χ1) is 7.03. The van der Waals surface area contributed by atoms with E-state index in [1.165, 1.54) is 0 Å². The second-order valence-electron chi connectivity index (χ2n) is 6.08. The van der Waals surface area contributed by atoms with E-state index >= 15 is 0 Å². The average Bonchev–Trinajstić information content (AvgIpc) is 2.44. The highest BCUT2D eigenvalue weighted by atomic mass is 32.1. The summed E-state index contributed by atoms with van der Waals surface area (Å²) < 4.78 is 0. The molecule has 0 unspecified atom stereocenters. The van der Waals surface area contributed by atoms with Crippen LogP contribution in [0.5, 0.6) is 0 Å². The lowest BCUT2D eigenvalue weighted by molar-refractivity contribution is -0.385. The maximum Gasteiger partial charge on any atom is 0.284 e. The Morgan fingerprint density at radius 1 is 1.12 bits per heavy atom. The van der Waals surface area contributed by atoms with Crippen molar-refractivity contribution in [2.75, 3.05) is 0 Å². The van der Waals surface area contributed by atoms with E-state index in [-0.39, 0.29) is 21.4 Å². The molecule has 0 bridgehead atoms. The highest BCUT2D eigenvalue weighted by Crippen LogP contribution is 2.42. The summed E-state index contributed by atoms with van der Waals surface area (Å²) in [5.41, 5.74) is 0.0672. The number of thiophene rings is 1. The second kappa shape index (κ2) is 3.84. The zero-order valence-electron chi connectivity index (χ0n) is 10.7. The summed E-state index contributed by atoms with van der Waals surface area (Å²) in [5, 5.41) is 11.0. The standard InChI is InChI=1S/C12H19NO2S/c1-11(2,3)9-7-8(13(14)15)10(16-9)12(4,5)6/h7H,1-6H3. The topological polar surface area (TPSA) is 43.1 Å². The minimum atomic E-state index is -0.272. The fourth-order valence-corrected chi connectivity index (χ4v) is 2.66. The van der Waals surface area contributed by atoms with Crippen LogP contribution in [0.4, 0.5) is 5.69 Å². The Hall–Kier alpha value is -0.900. The van der Waals surface area contributed by atoms with Gasteiger partial charge in [-0.25, -0.2) is 0 Å². The molecule has 1 aromatic rings. The molecule has 0 radical (unpaired) electrons. The van der Waals surface area contributed by atoms with Gasteiger partial charge in [0.2, 0.25) is 0 Å². The van der Waals surface area contributed by atoms with Gasteiger partial charge in [0.1, 0.15) is 0 Å². The van der Waals surface area contributed by atoms with Crippen LogP contribution in [0.3, 0.4) is 0 Å². The molecule has 1 heterocycles. The lowest BCUT2D eigenvalue weighted by Gasteiger charge is -2.17. The van der Waals surface area contributed by atoms with Crippen LogP contribution in [0.1, 0.15) is 51.3 Å². The SMILES string of the molecule is CC(C)(C)c1cc([N+](=O)[O-])c(C(C)(C)C)s1. The molecule has 4 heteroatoms. The Labute approximate surface area is 101 Å². The van der Waals surface area contributed by atoms with Crippen LogP contribution < -0.4 is 0 Å². The summed E-state index contributed by atoms with van der Waals surface area (Å²) in [5.74, 6) is 0. The lowest BCUT2D eigenvalue weighted by Crippen LogP contribution is -2.11. The molecule has 3 nitrogen and oxygen atoms in total. The van der Waals surface area contributed by atoms with Gasteiger partial charge in [-0.05, 0) is 5.41 Å². The predicted octanol–water partition coefficient (Wildman–Crippen LogP) is 4.25. The van der Waals surface area contributed by atoms with Gasteiger partial charge in [-0.1, -0.05) is 41.5 Å². The lowest BCUT2D eigenvalue weighted by atomic mass is 9.92. The Morgan fingerprint density at radius 2 is 1.62 bits per heavy atom. The molecule has 0 aromatic carbocycles. The molecule has 0 fully saturated rings. The van der Waals surface area contributed by atoms with E-state index < -0.39 is 0 Å². The third kappa shape index (κ3) is 2.61. The third-order valence-corrected chi connectivity index (χ3v) is 4.31. The molecule has 0 spiro atoms. The largest absolute Gasteiger partial charge is 0.284 e. The quantitative estimate of drug-likeness (QED) is 0.545. The molecular formula is C12H19NO2S. The molecule has 0 N–H and O–H groups in total. The Bertz CT molecular complexity index is 408. The van der Waals surface area contributed by atoms with Crippen LogP contribution in [-0.4, -0.2) is 4.92 Å². The molecule has 0 aliphatic rings. The number of nitro groups is 1. The first-order valence-electron chi connectivity index (χ1n) is 5.32. The van der Waals surface area contributed by atoms with Gasteiger partial charge in [-0.2, -0.15) is 0 Å². The van der Waals surface area contributed by atoms with Crippen molar-refractivity contribution in [2.24, 2.45) is 0 Å². The molecule has 0 saturated carbocycles. The van der Waals surface area contributed by atoms with Crippen LogP contribution >= 0.6 is 11.3 Å². The van der Waals surface area contributed by atoms with Crippen molar-refractivity contribution < 1.29 is 4.92 Å².